The van der Waals surface area contributed by atoms with Gasteiger partial charge in [-0.15, -0.1) is 0 Å². The smallest absolute Gasteiger partial charge is 0.243 e. The van der Waals surface area contributed by atoms with E-state index in [1.807, 2.05) is 32.0 Å². The fraction of sp³-hybridized carbons (Fsp3) is 0.368. The van der Waals surface area contributed by atoms with Gasteiger partial charge in [-0.25, -0.2) is 8.42 Å². The molecule has 0 N–H and O–H groups in total. The lowest BCUT2D eigenvalue weighted by molar-refractivity contribution is 0.340. The molecule has 3 rings (SSSR count). The van der Waals surface area contributed by atoms with Crippen LogP contribution in [0.4, 0.5) is 5.69 Å². The second-order valence-electron chi connectivity index (χ2n) is 6.35. The van der Waals surface area contributed by atoms with Crippen LogP contribution in [0.15, 0.2) is 41.3 Å². The van der Waals surface area contributed by atoms with E-state index in [0.29, 0.717) is 48.6 Å². The molecule has 2 aromatic rings. The summed E-state index contributed by atoms with van der Waals surface area (Å²) in [6.45, 7) is 6.35. The van der Waals surface area contributed by atoms with E-state index >= 15 is 0 Å². The number of piperazine rings is 1. The van der Waals surface area contributed by atoms with E-state index in [0.717, 1.165) is 11.3 Å². The molecule has 0 aliphatic carbocycles. The number of hydrogen-bond acceptors (Lipinski definition) is 4. The van der Waals surface area contributed by atoms with Crippen LogP contribution >= 0.6 is 23.2 Å². The molecule has 0 saturated carbocycles. The summed E-state index contributed by atoms with van der Waals surface area (Å²) in [5, 5.41) is 0.973. The molecule has 1 aliphatic heterocycles. The predicted octanol–water partition coefficient (Wildman–Crippen LogP) is 4.21. The maximum absolute atomic E-state index is 13.0. The van der Waals surface area contributed by atoms with Crippen molar-refractivity contribution in [2.75, 3.05) is 37.7 Å². The van der Waals surface area contributed by atoms with Crippen molar-refractivity contribution in [2.24, 2.45) is 0 Å². The maximum atomic E-state index is 13.0. The fourth-order valence-electron chi connectivity index (χ4n) is 3.16. The van der Waals surface area contributed by atoms with Crippen LogP contribution < -0.4 is 9.64 Å². The summed E-state index contributed by atoms with van der Waals surface area (Å²) < 4.78 is 32.8. The summed E-state index contributed by atoms with van der Waals surface area (Å²) in [6.07, 6.45) is 0. The molecular formula is C19H22Cl2N2O3S. The van der Waals surface area contributed by atoms with Gasteiger partial charge in [-0.1, -0.05) is 29.3 Å². The topological polar surface area (TPSA) is 49.9 Å². The highest BCUT2D eigenvalue weighted by molar-refractivity contribution is 7.89. The molecule has 0 aromatic heterocycles. The first kappa shape index (κ1) is 20.3. The third-order valence-corrected chi connectivity index (χ3v) is 7.02. The van der Waals surface area contributed by atoms with Crippen molar-refractivity contribution in [3.63, 3.8) is 0 Å². The number of halogens is 2. The van der Waals surface area contributed by atoms with Gasteiger partial charge >= 0.3 is 0 Å². The first-order valence-corrected chi connectivity index (χ1v) is 11.0. The zero-order valence-electron chi connectivity index (χ0n) is 15.3. The van der Waals surface area contributed by atoms with Crippen LogP contribution in [0.5, 0.6) is 5.75 Å². The number of hydrogen-bond donors (Lipinski definition) is 0. The van der Waals surface area contributed by atoms with Gasteiger partial charge < -0.3 is 9.64 Å². The number of aryl methyl sites for hydroxylation is 1. The molecule has 0 bridgehead atoms. The molecule has 0 atom stereocenters. The summed E-state index contributed by atoms with van der Waals surface area (Å²) in [5.41, 5.74) is 2.16. The molecule has 1 saturated heterocycles. The third-order valence-electron chi connectivity index (χ3n) is 4.59. The van der Waals surface area contributed by atoms with E-state index < -0.39 is 10.0 Å². The van der Waals surface area contributed by atoms with Gasteiger partial charge in [0.1, 0.15) is 5.75 Å². The number of sulfonamides is 1. The molecule has 1 fully saturated rings. The van der Waals surface area contributed by atoms with Crippen LogP contribution in [0, 0.1) is 6.92 Å². The minimum absolute atomic E-state index is 0.184. The second-order valence-corrected chi connectivity index (χ2v) is 9.13. The minimum atomic E-state index is -3.60. The van der Waals surface area contributed by atoms with Crippen molar-refractivity contribution >= 4 is 38.9 Å². The number of ether oxygens (including phenoxy) is 1. The van der Waals surface area contributed by atoms with Gasteiger partial charge in [0, 0.05) is 36.9 Å². The Bertz CT molecular complexity index is 927. The van der Waals surface area contributed by atoms with E-state index in [-0.39, 0.29) is 4.90 Å². The highest BCUT2D eigenvalue weighted by Crippen LogP contribution is 2.30. The quantitative estimate of drug-likeness (QED) is 0.715. The van der Waals surface area contributed by atoms with Crippen molar-refractivity contribution < 1.29 is 13.2 Å². The Balaban J connectivity index is 1.75. The zero-order valence-corrected chi connectivity index (χ0v) is 17.6. The largest absolute Gasteiger partial charge is 0.492 e. The maximum Gasteiger partial charge on any atom is 0.243 e. The van der Waals surface area contributed by atoms with Crippen LogP contribution in [-0.4, -0.2) is 45.5 Å². The van der Waals surface area contributed by atoms with Gasteiger partial charge in [0.25, 0.3) is 0 Å². The van der Waals surface area contributed by atoms with Gasteiger partial charge in [0.05, 0.1) is 16.5 Å². The average Bonchev–Trinajstić information content (AvgIpc) is 2.65. The SMILES string of the molecule is CCOc1ccc(S(=O)(=O)N2CCN(c3cc(Cl)ccc3C)CC2)cc1Cl. The second kappa shape index (κ2) is 8.27. The van der Waals surface area contributed by atoms with Crippen LogP contribution in [0.25, 0.3) is 0 Å². The normalized spacial score (nSPS) is 15.8. The number of nitrogens with zero attached hydrogens (tertiary/aromatic N) is 2. The Morgan fingerprint density at radius 1 is 1.04 bits per heavy atom. The van der Waals surface area contributed by atoms with Crippen molar-refractivity contribution in [1.82, 2.24) is 4.31 Å². The lowest BCUT2D eigenvalue weighted by atomic mass is 10.1. The summed E-state index contributed by atoms with van der Waals surface area (Å²) in [4.78, 5) is 2.35. The van der Waals surface area contributed by atoms with E-state index in [1.54, 1.807) is 12.1 Å². The molecule has 0 unspecified atom stereocenters. The number of benzene rings is 2. The van der Waals surface area contributed by atoms with Crippen LogP contribution in [0.2, 0.25) is 10.0 Å². The molecule has 0 radical (unpaired) electrons. The highest BCUT2D eigenvalue weighted by atomic mass is 35.5. The monoisotopic (exact) mass is 428 g/mol. The highest BCUT2D eigenvalue weighted by Gasteiger charge is 2.29. The standard InChI is InChI=1S/C19H22Cl2N2O3S/c1-3-26-19-7-6-16(13-17(19)21)27(24,25)23-10-8-22(9-11-23)18-12-15(20)5-4-14(18)2/h4-7,12-13H,3,8-11H2,1-2H3. The molecule has 27 heavy (non-hydrogen) atoms. The Kier molecular flexibility index (Phi) is 6.21. The van der Waals surface area contributed by atoms with Gasteiger partial charge in [0.15, 0.2) is 0 Å². The summed E-state index contributed by atoms with van der Waals surface area (Å²) in [6, 6.07) is 10.4. The Morgan fingerprint density at radius 2 is 1.74 bits per heavy atom. The Labute approximate surface area is 170 Å². The molecule has 1 heterocycles. The van der Waals surface area contributed by atoms with Crippen molar-refractivity contribution in [1.29, 1.82) is 0 Å². The third kappa shape index (κ3) is 4.35. The van der Waals surface area contributed by atoms with Crippen LogP contribution in [0.1, 0.15) is 12.5 Å². The summed E-state index contributed by atoms with van der Waals surface area (Å²) in [5.74, 6) is 0.486. The van der Waals surface area contributed by atoms with E-state index in [4.69, 9.17) is 27.9 Å². The average molecular weight is 429 g/mol. The molecule has 8 heteroatoms. The lowest BCUT2D eigenvalue weighted by Gasteiger charge is -2.36. The van der Waals surface area contributed by atoms with Crippen molar-refractivity contribution in [3.05, 3.63) is 52.0 Å². The molecule has 0 spiro atoms. The number of rotatable bonds is 5. The Morgan fingerprint density at radius 3 is 2.37 bits per heavy atom. The Hall–Kier alpha value is -1.47. The molecule has 1 aliphatic rings. The molecule has 146 valence electrons. The zero-order chi connectivity index (χ0) is 19.6. The van der Waals surface area contributed by atoms with E-state index in [2.05, 4.69) is 4.90 Å². The van der Waals surface area contributed by atoms with Gasteiger partial charge in [-0.3, -0.25) is 0 Å². The molecular weight excluding hydrogens is 407 g/mol. The van der Waals surface area contributed by atoms with Gasteiger partial charge in [-0.2, -0.15) is 4.31 Å². The van der Waals surface area contributed by atoms with Crippen LogP contribution in [-0.2, 0) is 10.0 Å². The molecule has 5 nitrogen and oxygen atoms in total. The van der Waals surface area contributed by atoms with Crippen LogP contribution in [0.3, 0.4) is 0 Å². The van der Waals surface area contributed by atoms with E-state index in [1.165, 1.54) is 10.4 Å². The first-order valence-electron chi connectivity index (χ1n) is 8.76. The summed E-state index contributed by atoms with van der Waals surface area (Å²) in [7, 11) is -3.60. The predicted molar refractivity (Wildman–Crippen MR) is 110 cm³/mol. The fourth-order valence-corrected chi connectivity index (χ4v) is 5.07. The molecule has 2 aromatic carbocycles. The number of anilines is 1. The summed E-state index contributed by atoms with van der Waals surface area (Å²) >= 11 is 12.3. The van der Waals surface area contributed by atoms with Crippen molar-refractivity contribution in [3.8, 4) is 5.75 Å². The van der Waals surface area contributed by atoms with Crippen molar-refractivity contribution in [2.45, 2.75) is 18.7 Å². The van der Waals surface area contributed by atoms with E-state index in [9.17, 15) is 8.42 Å². The lowest BCUT2D eigenvalue weighted by Crippen LogP contribution is -2.48. The van der Waals surface area contributed by atoms with Gasteiger partial charge in [-0.05, 0) is 49.7 Å². The first-order chi connectivity index (χ1) is 12.8. The minimum Gasteiger partial charge on any atom is -0.492 e. The molecule has 0 amide bonds. The van der Waals surface area contributed by atoms with Gasteiger partial charge in [0.2, 0.25) is 10.0 Å².